The standard InChI is InChI=1S/C14H19ClN2O/c1-2-9-16-14(18)17-10-3-4-13(17)11-5-7-12(15)8-6-11/h5-8,13H,2-4,9-10H2,1H3,(H,16,18). The maximum atomic E-state index is 12.0. The van der Waals surface area contributed by atoms with Gasteiger partial charge in [0.2, 0.25) is 0 Å². The molecule has 0 bridgehead atoms. The van der Waals surface area contributed by atoms with Crippen LogP contribution < -0.4 is 5.32 Å². The van der Waals surface area contributed by atoms with Crippen molar-refractivity contribution < 1.29 is 4.79 Å². The molecule has 18 heavy (non-hydrogen) atoms. The lowest BCUT2D eigenvalue weighted by molar-refractivity contribution is 0.193. The van der Waals surface area contributed by atoms with E-state index in [0.717, 1.165) is 37.4 Å². The number of likely N-dealkylation sites (tertiary alicyclic amines) is 1. The largest absolute Gasteiger partial charge is 0.338 e. The van der Waals surface area contributed by atoms with E-state index in [0.29, 0.717) is 0 Å². The molecule has 1 aromatic carbocycles. The average Bonchev–Trinajstić information content (AvgIpc) is 2.86. The van der Waals surface area contributed by atoms with Crippen molar-refractivity contribution in [2.45, 2.75) is 32.2 Å². The van der Waals surface area contributed by atoms with Gasteiger partial charge in [-0.2, -0.15) is 0 Å². The molecular formula is C14H19ClN2O. The molecule has 2 amide bonds. The van der Waals surface area contributed by atoms with Crippen molar-refractivity contribution in [3.8, 4) is 0 Å². The maximum absolute atomic E-state index is 12.0. The molecule has 1 aliphatic rings. The minimum atomic E-state index is 0.0503. The van der Waals surface area contributed by atoms with Crippen molar-refractivity contribution in [3.05, 3.63) is 34.9 Å². The summed E-state index contributed by atoms with van der Waals surface area (Å²) < 4.78 is 0. The molecule has 98 valence electrons. The van der Waals surface area contributed by atoms with Gasteiger partial charge in [0.1, 0.15) is 0 Å². The van der Waals surface area contributed by atoms with E-state index in [2.05, 4.69) is 12.2 Å². The van der Waals surface area contributed by atoms with Gasteiger partial charge in [-0.3, -0.25) is 0 Å². The number of hydrogen-bond acceptors (Lipinski definition) is 1. The SMILES string of the molecule is CCCNC(=O)N1CCCC1c1ccc(Cl)cc1. The van der Waals surface area contributed by atoms with Gasteiger partial charge in [-0.05, 0) is 37.0 Å². The zero-order chi connectivity index (χ0) is 13.0. The number of halogens is 1. The van der Waals surface area contributed by atoms with Crippen LogP contribution >= 0.6 is 11.6 Å². The van der Waals surface area contributed by atoms with Crippen molar-refractivity contribution in [2.75, 3.05) is 13.1 Å². The monoisotopic (exact) mass is 266 g/mol. The van der Waals surface area contributed by atoms with Crippen LogP contribution in [-0.4, -0.2) is 24.0 Å². The van der Waals surface area contributed by atoms with Gasteiger partial charge < -0.3 is 10.2 Å². The fourth-order valence-electron chi connectivity index (χ4n) is 2.37. The first-order chi connectivity index (χ1) is 8.72. The van der Waals surface area contributed by atoms with Crippen molar-refractivity contribution >= 4 is 17.6 Å². The van der Waals surface area contributed by atoms with E-state index < -0.39 is 0 Å². The Morgan fingerprint density at radius 3 is 2.83 bits per heavy atom. The van der Waals surface area contributed by atoms with E-state index in [9.17, 15) is 4.79 Å². The second-order valence-corrected chi connectivity index (χ2v) is 5.07. The number of nitrogens with zero attached hydrogens (tertiary/aromatic N) is 1. The van der Waals surface area contributed by atoms with Gasteiger partial charge in [-0.1, -0.05) is 30.7 Å². The minimum Gasteiger partial charge on any atom is -0.338 e. The number of carbonyl (C=O) groups is 1. The Balaban J connectivity index is 2.07. The van der Waals surface area contributed by atoms with E-state index in [1.165, 1.54) is 5.56 Å². The van der Waals surface area contributed by atoms with Gasteiger partial charge in [0.25, 0.3) is 0 Å². The van der Waals surface area contributed by atoms with Gasteiger partial charge in [0.15, 0.2) is 0 Å². The van der Waals surface area contributed by atoms with E-state index >= 15 is 0 Å². The number of benzene rings is 1. The third kappa shape index (κ3) is 2.96. The quantitative estimate of drug-likeness (QED) is 0.891. The Kier molecular flexibility index (Phi) is 4.48. The van der Waals surface area contributed by atoms with Gasteiger partial charge in [0.05, 0.1) is 6.04 Å². The summed E-state index contributed by atoms with van der Waals surface area (Å²) in [5.41, 5.74) is 1.17. The van der Waals surface area contributed by atoms with Gasteiger partial charge in [-0.25, -0.2) is 4.79 Å². The Labute approximate surface area is 113 Å². The van der Waals surface area contributed by atoms with Crippen molar-refractivity contribution in [1.29, 1.82) is 0 Å². The normalized spacial score (nSPS) is 19.0. The van der Waals surface area contributed by atoms with Crippen LogP contribution in [0.5, 0.6) is 0 Å². The molecule has 3 nitrogen and oxygen atoms in total. The fraction of sp³-hybridized carbons (Fsp3) is 0.500. The van der Waals surface area contributed by atoms with Crippen LogP contribution in [0.4, 0.5) is 4.79 Å². The topological polar surface area (TPSA) is 32.3 Å². The third-order valence-electron chi connectivity index (χ3n) is 3.29. The molecule has 1 aromatic rings. The minimum absolute atomic E-state index is 0.0503. The summed E-state index contributed by atoms with van der Waals surface area (Å²) in [7, 11) is 0. The number of rotatable bonds is 3. The van der Waals surface area contributed by atoms with Crippen LogP contribution in [0.2, 0.25) is 5.02 Å². The molecule has 1 N–H and O–H groups in total. The van der Waals surface area contributed by atoms with Gasteiger partial charge in [0, 0.05) is 18.1 Å². The highest BCUT2D eigenvalue weighted by Gasteiger charge is 2.29. The summed E-state index contributed by atoms with van der Waals surface area (Å²) in [5.74, 6) is 0. The van der Waals surface area contributed by atoms with Crippen molar-refractivity contribution in [2.24, 2.45) is 0 Å². The Bertz CT molecular complexity index is 405. The highest BCUT2D eigenvalue weighted by atomic mass is 35.5. The van der Waals surface area contributed by atoms with Crippen LogP contribution in [0.15, 0.2) is 24.3 Å². The second kappa shape index (κ2) is 6.10. The molecule has 1 saturated heterocycles. The maximum Gasteiger partial charge on any atom is 0.317 e. The van der Waals surface area contributed by atoms with Crippen LogP contribution in [-0.2, 0) is 0 Å². The Morgan fingerprint density at radius 2 is 2.17 bits per heavy atom. The lowest BCUT2D eigenvalue weighted by Crippen LogP contribution is -2.39. The lowest BCUT2D eigenvalue weighted by Gasteiger charge is -2.25. The summed E-state index contributed by atoms with van der Waals surface area (Å²) in [5, 5.41) is 3.68. The van der Waals surface area contributed by atoms with Gasteiger partial charge >= 0.3 is 6.03 Å². The molecule has 1 fully saturated rings. The summed E-state index contributed by atoms with van der Waals surface area (Å²) >= 11 is 5.89. The smallest absolute Gasteiger partial charge is 0.317 e. The highest BCUT2D eigenvalue weighted by Crippen LogP contribution is 2.32. The Morgan fingerprint density at radius 1 is 1.44 bits per heavy atom. The van der Waals surface area contributed by atoms with Crippen LogP contribution in [0.1, 0.15) is 37.8 Å². The summed E-state index contributed by atoms with van der Waals surface area (Å²) in [6.07, 6.45) is 3.05. The van der Waals surface area contributed by atoms with E-state index in [4.69, 9.17) is 11.6 Å². The van der Waals surface area contributed by atoms with E-state index in [1.807, 2.05) is 29.2 Å². The van der Waals surface area contributed by atoms with Gasteiger partial charge in [-0.15, -0.1) is 0 Å². The zero-order valence-corrected chi connectivity index (χ0v) is 11.4. The molecule has 1 unspecified atom stereocenters. The van der Waals surface area contributed by atoms with E-state index in [1.54, 1.807) is 0 Å². The number of urea groups is 1. The number of amides is 2. The van der Waals surface area contributed by atoms with Crippen LogP contribution in [0.3, 0.4) is 0 Å². The van der Waals surface area contributed by atoms with Crippen molar-refractivity contribution in [3.63, 3.8) is 0 Å². The molecule has 0 aromatic heterocycles. The number of carbonyl (C=O) groups excluding carboxylic acids is 1. The summed E-state index contributed by atoms with van der Waals surface area (Å²) in [6.45, 7) is 3.63. The molecule has 1 heterocycles. The molecule has 1 atom stereocenters. The third-order valence-corrected chi connectivity index (χ3v) is 3.55. The first-order valence-corrected chi connectivity index (χ1v) is 6.90. The molecule has 0 radical (unpaired) electrons. The summed E-state index contributed by atoms with van der Waals surface area (Å²) in [4.78, 5) is 14.0. The zero-order valence-electron chi connectivity index (χ0n) is 10.7. The molecule has 2 rings (SSSR count). The lowest BCUT2D eigenvalue weighted by atomic mass is 10.1. The molecule has 0 aliphatic carbocycles. The second-order valence-electron chi connectivity index (χ2n) is 4.63. The molecule has 0 saturated carbocycles. The fourth-order valence-corrected chi connectivity index (χ4v) is 2.50. The van der Waals surface area contributed by atoms with Crippen LogP contribution in [0, 0.1) is 0 Å². The Hall–Kier alpha value is -1.22. The van der Waals surface area contributed by atoms with Crippen molar-refractivity contribution in [1.82, 2.24) is 10.2 Å². The van der Waals surface area contributed by atoms with Crippen LogP contribution in [0.25, 0.3) is 0 Å². The molecular weight excluding hydrogens is 248 g/mol. The first-order valence-electron chi connectivity index (χ1n) is 6.52. The predicted octanol–water partition coefficient (Wildman–Crippen LogP) is 3.60. The average molecular weight is 267 g/mol. The number of hydrogen-bond donors (Lipinski definition) is 1. The number of nitrogens with one attached hydrogen (secondary N) is 1. The molecule has 1 aliphatic heterocycles. The highest BCUT2D eigenvalue weighted by molar-refractivity contribution is 6.30. The van der Waals surface area contributed by atoms with E-state index in [-0.39, 0.29) is 12.1 Å². The molecule has 0 spiro atoms. The summed E-state index contributed by atoms with van der Waals surface area (Å²) in [6, 6.07) is 8.04. The predicted molar refractivity (Wildman–Crippen MR) is 73.8 cm³/mol. The first kappa shape index (κ1) is 13.2. The molecule has 4 heteroatoms.